The van der Waals surface area contributed by atoms with E-state index >= 15 is 0 Å². The van der Waals surface area contributed by atoms with Crippen molar-refractivity contribution in [3.8, 4) is 0 Å². The van der Waals surface area contributed by atoms with Gasteiger partial charge in [0.15, 0.2) is 0 Å². The maximum atomic E-state index is 12.4. The number of rotatable bonds is 2. The van der Waals surface area contributed by atoms with Gasteiger partial charge in [-0.1, -0.05) is 6.42 Å². The van der Waals surface area contributed by atoms with Crippen molar-refractivity contribution in [1.82, 2.24) is 20.0 Å². The molecule has 3 aliphatic heterocycles. The number of carbonyl (C=O) groups excluding carboxylic acids is 2. The summed E-state index contributed by atoms with van der Waals surface area (Å²) in [6.07, 6.45) is 4.78. The first-order chi connectivity index (χ1) is 13.9. The molecule has 2 aromatic rings. The Morgan fingerprint density at radius 3 is 2.48 bits per heavy atom. The quantitative estimate of drug-likeness (QED) is 0.789. The molecule has 5 rings (SSSR count). The highest BCUT2D eigenvalue weighted by Crippen LogP contribution is 2.36. The zero-order valence-corrected chi connectivity index (χ0v) is 17.4. The lowest BCUT2D eigenvalue weighted by Crippen LogP contribution is -2.59. The molecule has 0 radical (unpaired) electrons. The average Bonchev–Trinajstić information content (AvgIpc) is 2.96. The van der Waals surface area contributed by atoms with Gasteiger partial charge in [0.25, 0.3) is 0 Å². The third kappa shape index (κ3) is 3.03. The molecular formula is C22H29N5O2. The SMILES string of the molecule is Cc1cc2c(C3CCC(=O)NC3=O)nn(C)c2cc1N1CC2CCCC(C1)N2C. The maximum Gasteiger partial charge on any atom is 0.235 e. The lowest BCUT2D eigenvalue weighted by molar-refractivity contribution is -0.134. The normalized spacial score (nSPS) is 28.1. The van der Waals surface area contributed by atoms with Crippen LogP contribution in [0.4, 0.5) is 5.69 Å². The summed E-state index contributed by atoms with van der Waals surface area (Å²) in [7, 11) is 4.21. The Hall–Kier alpha value is -2.41. The number of imide groups is 1. The zero-order valence-electron chi connectivity index (χ0n) is 17.4. The minimum Gasteiger partial charge on any atom is -0.368 e. The summed E-state index contributed by atoms with van der Waals surface area (Å²) in [5, 5.41) is 8.20. The van der Waals surface area contributed by atoms with Crippen molar-refractivity contribution >= 4 is 28.4 Å². The monoisotopic (exact) mass is 395 g/mol. The second-order valence-electron chi connectivity index (χ2n) is 8.98. The van der Waals surface area contributed by atoms with Crippen LogP contribution in [0.2, 0.25) is 0 Å². The highest BCUT2D eigenvalue weighted by Gasteiger charge is 2.36. The molecule has 1 aromatic heterocycles. The predicted molar refractivity (Wildman–Crippen MR) is 112 cm³/mol. The minimum atomic E-state index is -0.357. The highest BCUT2D eigenvalue weighted by molar-refractivity contribution is 6.02. The fourth-order valence-electron chi connectivity index (χ4n) is 5.49. The number of hydrogen-bond acceptors (Lipinski definition) is 5. The van der Waals surface area contributed by atoms with Crippen LogP contribution in [0.3, 0.4) is 0 Å². The molecule has 7 heteroatoms. The van der Waals surface area contributed by atoms with Crippen LogP contribution in [0.15, 0.2) is 12.1 Å². The van der Waals surface area contributed by atoms with Crippen LogP contribution in [0.5, 0.6) is 0 Å². The van der Waals surface area contributed by atoms with E-state index in [4.69, 9.17) is 5.10 Å². The van der Waals surface area contributed by atoms with E-state index in [1.54, 1.807) is 0 Å². The summed E-state index contributed by atoms with van der Waals surface area (Å²) in [6.45, 7) is 4.29. The van der Waals surface area contributed by atoms with Gasteiger partial charge in [-0.3, -0.25) is 24.5 Å². The Bertz CT molecular complexity index is 983. The van der Waals surface area contributed by atoms with Crippen LogP contribution in [0.1, 0.15) is 49.3 Å². The summed E-state index contributed by atoms with van der Waals surface area (Å²) >= 11 is 0. The van der Waals surface area contributed by atoms with Crippen molar-refractivity contribution in [2.24, 2.45) is 7.05 Å². The van der Waals surface area contributed by atoms with Gasteiger partial charge in [0.1, 0.15) is 0 Å². The van der Waals surface area contributed by atoms with Gasteiger partial charge in [-0.15, -0.1) is 0 Å². The van der Waals surface area contributed by atoms with E-state index in [0.29, 0.717) is 24.9 Å². The van der Waals surface area contributed by atoms with Crippen molar-refractivity contribution in [3.63, 3.8) is 0 Å². The number of anilines is 1. The molecule has 7 nitrogen and oxygen atoms in total. The zero-order chi connectivity index (χ0) is 20.3. The standard InChI is InChI=1S/C22H29N5O2/c1-13-9-17-19(26(3)24-21(17)16-7-8-20(28)23-22(16)29)10-18(13)27-11-14-5-4-6-15(12-27)25(14)2/h9-10,14-16H,4-8,11-12H2,1-3H3,(H,23,28,29). The summed E-state index contributed by atoms with van der Waals surface area (Å²) in [4.78, 5) is 29.0. The van der Waals surface area contributed by atoms with E-state index in [1.807, 2.05) is 11.7 Å². The number of piperidine rings is 2. The molecule has 0 spiro atoms. The Kier molecular flexibility index (Phi) is 4.38. The molecule has 3 fully saturated rings. The number of fused-ring (bicyclic) bond motifs is 3. The predicted octanol–water partition coefficient (Wildman–Crippen LogP) is 2.07. The Morgan fingerprint density at radius 1 is 1.07 bits per heavy atom. The minimum absolute atomic E-state index is 0.189. The Labute approximate surface area is 171 Å². The van der Waals surface area contributed by atoms with Crippen LogP contribution < -0.4 is 10.2 Å². The number of hydrogen-bond donors (Lipinski definition) is 1. The van der Waals surface area contributed by atoms with Gasteiger partial charge in [0.05, 0.1) is 17.1 Å². The van der Waals surface area contributed by atoms with Gasteiger partial charge in [0, 0.05) is 49.7 Å². The van der Waals surface area contributed by atoms with Crippen LogP contribution in [-0.4, -0.2) is 58.7 Å². The lowest BCUT2D eigenvalue weighted by Gasteiger charge is -2.49. The summed E-state index contributed by atoms with van der Waals surface area (Å²) in [5.41, 5.74) is 4.34. The number of amides is 2. The molecular weight excluding hydrogens is 366 g/mol. The molecule has 0 saturated carbocycles. The molecule has 4 heterocycles. The Morgan fingerprint density at radius 2 is 1.79 bits per heavy atom. The molecule has 154 valence electrons. The van der Waals surface area contributed by atoms with E-state index in [-0.39, 0.29) is 17.7 Å². The van der Waals surface area contributed by atoms with Crippen LogP contribution in [-0.2, 0) is 16.6 Å². The molecule has 1 N–H and O–H groups in total. The first kappa shape index (κ1) is 18.6. The molecule has 29 heavy (non-hydrogen) atoms. The summed E-state index contributed by atoms with van der Waals surface area (Å²) in [6, 6.07) is 5.69. The molecule has 3 saturated heterocycles. The average molecular weight is 396 g/mol. The Balaban J connectivity index is 1.52. The largest absolute Gasteiger partial charge is 0.368 e. The number of aromatic nitrogens is 2. The van der Waals surface area contributed by atoms with Crippen molar-refractivity contribution < 1.29 is 9.59 Å². The molecule has 0 aliphatic carbocycles. The molecule has 2 bridgehead atoms. The summed E-state index contributed by atoms with van der Waals surface area (Å²) < 4.78 is 1.88. The van der Waals surface area contributed by atoms with Crippen LogP contribution in [0, 0.1) is 6.92 Å². The van der Waals surface area contributed by atoms with Crippen LogP contribution >= 0.6 is 0 Å². The van der Waals surface area contributed by atoms with Crippen LogP contribution in [0.25, 0.3) is 10.9 Å². The third-order valence-electron chi connectivity index (χ3n) is 7.20. The topological polar surface area (TPSA) is 70.5 Å². The van der Waals surface area contributed by atoms with Crippen molar-refractivity contribution in [2.45, 2.75) is 57.0 Å². The molecule has 3 unspecified atom stereocenters. The van der Waals surface area contributed by atoms with E-state index in [0.717, 1.165) is 29.7 Å². The van der Waals surface area contributed by atoms with Crippen molar-refractivity contribution in [2.75, 3.05) is 25.0 Å². The number of aryl methyl sites for hydroxylation is 2. The number of nitrogens with zero attached hydrogens (tertiary/aromatic N) is 4. The fourth-order valence-corrected chi connectivity index (χ4v) is 5.49. The van der Waals surface area contributed by atoms with Crippen molar-refractivity contribution in [3.05, 3.63) is 23.4 Å². The maximum absolute atomic E-state index is 12.4. The second kappa shape index (κ2) is 6.83. The third-order valence-corrected chi connectivity index (χ3v) is 7.20. The van der Waals surface area contributed by atoms with Crippen molar-refractivity contribution in [1.29, 1.82) is 0 Å². The van der Waals surface area contributed by atoms with E-state index in [1.165, 1.54) is 30.5 Å². The number of carbonyl (C=O) groups is 2. The molecule has 3 atom stereocenters. The number of benzene rings is 1. The fraction of sp³-hybridized carbons (Fsp3) is 0.591. The van der Waals surface area contributed by atoms with Gasteiger partial charge < -0.3 is 4.90 Å². The number of likely N-dealkylation sites (N-methyl/N-ethyl adjacent to an activating group) is 1. The molecule has 1 aromatic carbocycles. The second-order valence-corrected chi connectivity index (χ2v) is 8.98. The first-order valence-corrected chi connectivity index (χ1v) is 10.7. The van der Waals surface area contributed by atoms with Gasteiger partial charge >= 0.3 is 0 Å². The van der Waals surface area contributed by atoms with E-state index < -0.39 is 0 Å². The van der Waals surface area contributed by atoms with Gasteiger partial charge in [-0.05, 0) is 50.9 Å². The van der Waals surface area contributed by atoms with E-state index in [9.17, 15) is 9.59 Å². The summed E-state index contributed by atoms with van der Waals surface area (Å²) in [5.74, 6) is -0.773. The lowest BCUT2D eigenvalue weighted by atomic mass is 9.90. The molecule has 2 amide bonds. The highest BCUT2D eigenvalue weighted by atomic mass is 16.2. The van der Waals surface area contributed by atoms with Gasteiger partial charge in [-0.25, -0.2) is 0 Å². The number of piperazine rings is 1. The van der Waals surface area contributed by atoms with E-state index in [2.05, 4.69) is 41.2 Å². The smallest absolute Gasteiger partial charge is 0.235 e. The first-order valence-electron chi connectivity index (χ1n) is 10.7. The number of nitrogens with one attached hydrogen (secondary N) is 1. The van der Waals surface area contributed by atoms with Gasteiger partial charge in [-0.2, -0.15) is 5.10 Å². The molecule has 3 aliphatic rings. The van der Waals surface area contributed by atoms with Gasteiger partial charge in [0.2, 0.25) is 11.8 Å².